The zero-order valence-corrected chi connectivity index (χ0v) is 15.1. The van der Waals surface area contributed by atoms with Crippen LogP contribution < -0.4 is 10.1 Å². The summed E-state index contributed by atoms with van der Waals surface area (Å²) in [4.78, 5) is 13.4. The molecule has 3 rings (SSSR count). The summed E-state index contributed by atoms with van der Waals surface area (Å²) in [7, 11) is 1.56. The Labute approximate surface area is 147 Å². The van der Waals surface area contributed by atoms with Gasteiger partial charge in [0.05, 0.1) is 19.2 Å². The number of thiophene rings is 1. The number of hydrogen-bond donors (Lipinski definition) is 2. The van der Waals surface area contributed by atoms with Gasteiger partial charge in [0.25, 0.3) is 5.91 Å². The fraction of sp³-hybridized carbons (Fsp3) is 0.353. The Hall–Kier alpha value is -1.37. The van der Waals surface area contributed by atoms with Crippen LogP contribution in [0.1, 0.15) is 28.1 Å². The van der Waals surface area contributed by atoms with Crippen LogP contribution in [-0.2, 0) is 5.60 Å². The Morgan fingerprint density at radius 2 is 2.26 bits per heavy atom. The predicted octanol–water partition coefficient (Wildman–Crippen LogP) is 3.55. The Morgan fingerprint density at radius 3 is 2.87 bits per heavy atom. The van der Waals surface area contributed by atoms with Crippen molar-refractivity contribution in [2.24, 2.45) is 5.92 Å². The van der Waals surface area contributed by atoms with Crippen LogP contribution in [-0.4, -0.2) is 24.7 Å². The number of halogens is 1. The molecule has 122 valence electrons. The number of aliphatic hydroxyl groups is 1. The van der Waals surface area contributed by atoms with Crippen LogP contribution in [0.3, 0.4) is 0 Å². The summed E-state index contributed by atoms with van der Waals surface area (Å²) >= 11 is 4.91. The van der Waals surface area contributed by atoms with Gasteiger partial charge in [-0.3, -0.25) is 4.79 Å². The summed E-state index contributed by atoms with van der Waals surface area (Å²) in [5.74, 6) is 0.607. The number of carbonyl (C=O) groups is 1. The number of benzene rings is 1. The molecule has 6 heteroatoms. The quantitative estimate of drug-likeness (QED) is 0.785. The van der Waals surface area contributed by atoms with Crippen LogP contribution >= 0.6 is 27.3 Å². The molecule has 1 amide bonds. The third-order valence-electron chi connectivity index (χ3n) is 4.14. The minimum absolute atomic E-state index is 0.209. The molecule has 1 aromatic heterocycles. The lowest BCUT2D eigenvalue weighted by Gasteiger charge is -2.27. The summed E-state index contributed by atoms with van der Waals surface area (Å²) in [5.41, 5.74) is -0.483. The lowest BCUT2D eigenvalue weighted by atomic mass is 9.95. The predicted molar refractivity (Wildman–Crippen MR) is 94.0 cm³/mol. The lowest BCUT2D eigenvalue weighted by molar-refractivity contribution is 0.0169. The normalized spacial score (nSPS) is 16.7. The molecule has 1 aromatic carbocycles. The molecule has 2 N–H and O–H groups in total. The van der Waals surface area contributed by atoms with Crippen molar-refractivity contribution >= 4 is 33.2 Å². The molecule has 23 heavy (non-hydrogen) atoms. The van der Waals surface area contributed by atoms with Gasteiger partial charge in [-0.25, -0.2) is 0 Å². The molecule has 0 unspecified atom stereocenters. The van der Waals surface area contributed by atoms with Gasteiger partial charge < -0.3 is 15.2 Å². The van der Waals surface area contributed by atoms with E-state index in [9.17, 15) is 9.90 Å². The second kappa shape index (κ2) is 6.63. The monoisotopic (exact) mass is 395 g/mol. The van der Waals surface area contributed by atoms with Gasteiger partial charge in [-0.15, -0.1) is 11.3 Å². The topological polar surface area (TPSA) is 58.6 Å². The van der Waals surface area contributed by atoms with E-state index in [4.69, 9.17) is 4.74 Å². The van der Waals surface area contributed by atoms with Crippen LogP contribution in [0.15, 0.2) is 40.2 Å². The fourth-order valence-corrected chi connectivity index (χ4v) is 3.96. The molecule has 0 aliphatic heterocycles. The zero-order chi connectivity index (χ0) is 16.4. The van der Waals surface area contributed by atoms with E-state index in [1.807, 2.05) is 17.5 Å². The molecule has 4 nitrogen and oxygen atoms in total. The lowest BCUT2D eigenvalue weighted by Crippen LogP contribution is -2.42. The highest BCUT2D eigenvalue weighted by Crippen LogP contribution is 2.46. The first-order chi connectivity index (χ1) is 11.0. The molecule has 1 heterocycles. The maximum Gasteiger partial charge on any atom is 0.252 e. The smallest absolute Gasteiger partial charge is 0.252 e. The van der Waals surface area contributed by atoms with Crippen LogP contribution in [0.5, 0.6) is 5.75 Å². The molecule has 1 aliphatic carbocycles. The summed E-state index contributed by atoms with van der Waals surface area (Å²) in [6, 6.07) is 9.10. The molecular formula is C17H18BrNO3S. The highest BCUT2D eigenvalue weighted by atomic mass is 79.9. The van der Waals surface area contributed by atoms with Gasteiger partial charge in [-0.1, -0.05) is 6.07 Å². The SMILES string of the molecule is COc1ccc(Br)c(C(=O)NC[C@](O)(c2cccs2)C2CC2)c1. The van der Waals surface area contributed by atoms with E-state index in [0.717, 1.165) is 17.7 Å². The number of nitrogens with one attached hydrogen (secondary N) is 1. The number of methoxy groups -OCH3 is 1. The van der Waals surface area contributed by atoms with E-state index in [1.165, 1.54) is 11.3 Å². The van der Waals surface area contributed by atoms with Gasteiger partial charge in [0.2, 0.25) is 0 Å². The van der Waals surface area contributed by atoms with Crippen molar-refractivity contribution in [1.82, 2.24) is 5.32 Å². The van der Waals surface area contributed by atoms with E-state index < -0.39 is 5.60 Å². The molecule has 2 aromatic rings. The van der Waals surface area contributed by atoms with Gasteiger partial charge in [0.15, 0.2) is 0 Å². The first-order valence-electron chi connectivity index (χ1n) is 7.42. The Morgan fingerprint density at radius 1 is 1.48 bits per heavy atom. The number of hydrogen-bond acceptors (Lipinski definition) is 4. The van der Waals surface area contributed by atoms with Gasteiger partial charge in [-0.2, -0.15) is 0 Å². The van der Waals surface area contributed by atoms with Crippen molar-refractivity contribution in [3.05, 3.63) is 50.6 Å². The Balaban J connectivity index is 1.75. The Kier molecular flexibility index (Phi) is 4.75. The Bertz CT molecular complexity index is 700. The van der Waals surface area contributed by atoms with Crippen molar-refractivity contribution in [3.63, 3.8) is 0 Å². The van der Waals surface area contributed by atoms with E-state index in [0.29, 0.717) is 15.8 Å². The average Bonchev–Trinajstić information content (AvgIpc) is 3.28. The van der Waals surface area contributed by atoms with Gasteiger partial charge in [0.1, 0.15) is 11.4 Å². The molecule has 0 radical (unpaired) electrons. The van der Waals surface area contributed by atoms with E-state index in [-0.39, 0.29) is 18.4 Å². The molecular weight excluding hydrogens is 378 g/mol. The van der Waals surface area contributed by atoms with E-state index in [2.05, 4.69) is 21.2 Å². The fourth-order valence-electron chi connectivity index (χ4n) is 2.63. The summed E-state index contributed by atoms with van der Waals surface area (Å²) in [5, 5.41) is 15.9. The van der Waals surface area contributed by atoms with Crippen molar-refractivity contribution in [2.45, 2.75) is 18.4 Å². The van der Waals surface area contributed by atoms with Gasteiger partial charge in [-0.05, 0) is 64.3 Å². The summed E-state index contributed by atoms with van der Waals surface area (Å²) in [6.45, 7) is 0.209. The maximum atomic E-state index is 12.5. The highest BCUT2D eigenvalue weighted by Gasteiger charge is 2.46. The molecule has 1 fully saturated rings. The zero-order valence-electron chi connectivity index (χ0n) is 12.7. The number of ether oxygens (including phenoxy) is 1. The number of rotatable bonds is 6. The van der Waals surface area contributed by atoms with Crippen LogP contribution in [0.25, 0.3) is 0 Å². The third-order valence-corrected chi connectivity index (χ3v) is 5.87. The van der Waals surface area contributed by atoms with Gasteiger partial charge >= 0.3 is 0 Å². The van der Waals surface area contributed by atoms with Crippen molar-refractivity contribution < 1.29 is 14.6 Å². The first kappa shape index (κ1) is 16.5. The largest absolute Gasteiger partial charge is 0.497 e. The molecule has 1 atom stereocenters. The molecule has 0 bridgehead atoms. The van der Waals surface area contributed by atoms with Crippen molar-refractivity contribution in [3.8, 4) is 5.75 Å². The molecule has 1 aliphatic rings. The molecule has 1 saturated carbocycles. The van der Waals surface area contributed by atoms with Crippen molar-refractivity contribution in [2.75, 3.05) is 13.7 Å². The van der Waals surface area contributed by atoms with Crippen molar-refractivity contribution in [1.29, 1.82) is 0 Å². The van der Waals surface area contributed by atoms with E-state index in [1.54, 1.807) is 25.3 Å². The molecule has 0 saturated heterocycles. The second-order valence-electron chi connectivity index (χ2n) is 5.70. The summed E-state index contributed by atoms with van der Waals surface area (Å²) in [6.07, 6.45) is 1.99. The van der Waals surface area contributed by atoms with Crippen LogP contribution in [0.4, 0.5) is 0 Å². The van der Waals surface area contributed by atoms with Crippen LogP contribution in [0, 0.1) is 5.92 Å². The standard InChI is InChI=1S/C17H18BrNO3S/c1-22-12-6-7-14(18)13(9-12)16(20)19-10-17(21,11-4-5-11)15-3-2-8-23-15/h2-3,6-9,11,21H,4-5,10H2,1H3,(H,19,20)/t17-/m1/s1. The average molecular weight is 396 g/mol. The maximum absolute atomic E-state index is 12.5. The summed E-state index contributed by atoms with van der Waals surface area (Å²) < 4.78 is 5.86. The first-order valence-corrected chi connectivity index (χ1v) is 9.10. The third kappa shape index (κ3) is 3.44. The van der Waals surface area contributed by atoms with Crippen LogP contribution in [0.2, 0.25) is 0 Å². The number of amides is 1. The minimum atomic E-state index is -0.977. The minimum Gasteiger partial charge on any atom is -0.497 e. The molecule has 0 spiro atoms. The second-order valence-corrected chi connectivity index (χ2v) is 7.51. The highest BCUT2D eigenvalue weighted by molar-refractivity contribution is 9.10. The van der Waals surface area contributed by atoms with Gasteiger partial charge in [0, 0.05) is 9.35 Å². The number of carbonyl (C=O) groups excluding carboxylic acids is 1. The van der Waals surface area contributed by atoms with E-state index >= 15 is 0 Å².